The number of aliphatic hydroxyl groups is 3. The molecule has 3 N–H and O–H groups in total. The van der Waals surface area contributed by atoms with Crippen molar-refractivity contribution >= 4 is 17.5 Å². The highest BCUT2D eigenvalue weighted by Gasteiger charge is 2.69. The van der Waals surface area contributed by atoms with E-state index in [1.54, 1.807) is 6.08 Å². The van der Waals surface area contributed by atoms with E-state index in [4.69, 9.17) is 4.74 Å². The number of rotatable bonds is 8. The summed E-state index contributed by atoms with van der Waals surface area (Å²) in [5.74, 6) is -0.253. The molecule has 200 valence electrons. The molecule has 4 fully saturated rings. The van der Waals surface area contributed by atoms with Gasteiger partial charge in [0.1, 0.15) is 18.3 Å². The van der Waals surface area contributed by atoms with Gasteiger partial charge in [0.05, 0.1) is 6.10 Å². The zero-order chi connectivity index (χ0) is 25.9. The topological polar surface area (TPSA) is 121 Å². The molecule has 0 saturated heterocycles. The first-order valence-corrected chi connectivity index (χ1v) is 14.0. The maximum absolute atomic E-state index is 12.9. The van der Waals surface area contributed by atoms with Crippen LogP contribution in [-0.2, 0) is 19.1 Å². The van der Waals surface area contributed by atoms with Gasteiger partial charge in [-0.15, -0.1) is 0 Å². The molecule has 5 aliphatic carbocycles. The number of Topliss-reactive ketones (excluding diaryl/α,β-unsaturated/α-hetero) is 1. The first-order chi connectivity index (χ1) is 17.0. The van der Waals surface area contributed by atoms with Crippen molar-refractivity contribution in [3.63, 3.8) is 0 Å². The molecule has 0 aliphatic heterocycles. The van der Waals surface area contributed by atoms with Crippen LogP contribution in [-0.4, -0.2) is 57.3 Å². The van der Waals surface area contributed by atoms with E-state index in [0.29, 0.717) is 19.3 Å². The Balaban J connectivity index is 1.38. The van der Waals surface area contributed by atoms with E-state index in [-0.39, 0.29) is 48.8 Å². The summed E-state index contributed by atoms with van der Waals surface area (Å²) >= 11 is 0. The molecule has 5 rings (SSSR count). The van der Waals surface area contributed by atoms with Gasteiger partial charge in [0.15, 0.2) is 11.6 Å². The molecule has 36 heavy (non-hydrogen) atoms. The van der Waals surface area contributed by atoms with Crippen LogP contribution in [0.25, 0.3) is 0 Å². The molecule has 5 aliphatic rings. The first-order valence-electron chi connectivity index (χ1n) is 14.0. The molecule has 4 saturated carbocycles. The predicted molar refractivity (Wildman–Crippen MR) is 132 cm³/mol. The highest BCUT2D eigenvalue weighted by atomic mass is 16.5. The monoisotopic (exact) mass is 502 g/mol. The van der Waals surface area contributed by atoms with Crippen LogP contribution in [0.15, 0.2) is 11.6 Å². The molecule has 1 unspecified atom stereocenters. The summed E-state index contributed by atoms with van der Waals surface area (Å²) in [4.78, 5) is 38.1. The number of aliphatic hydroxyl groups excluding tert-OH is 2. The molecule has 7 nitrogen and oxygen atoms in total. The molecule has 0 heterocycles. The van der Waals surface area contributed by atoms with Gasteiger partial charge in [-0.05, 0) is 62.4 Å². The van der Waals surface area contributed by atoms with Crippen molar-refractivity contribution < 1.29 is 34.4 Å². The molecule has 0 aromatic carbocycles. The Morgan fingerprint density at radius 3 is 2.58 bits per heavy atom. The lowest BCUT2D eigenvalue weighted by Crippen LogP contribution is -2.64. The fraction of sp³-hybridized carbons (Fsp3) is 0.828. The average Bonchev–Trinajstić information content (AvgIpc) is 3.61. The highest BCUT2D eigenvalue weighted by molar-refractivity contribution is 5.92. The summed E-state index contributed by atoms with van der Waals surface area (Å²) in [7, 11) is 0. The van der Waals surface area contributed by atoms with E-state index in [2.05, 4.69) is 0 Å². The molecule has 7 heteroatoms. The van der Waals surface area contributed by atoms with E-state index in [0.717, 1.165) is 30.8 Å². The number of carbonyl (C=O) groups is 3. The zero-order valence-electron chi connectivity index (χ0n) is 21.7. The minimum Gasteiger partial charge on any atom is -0.461 e. The second kappa shape index (κ2) is 9.32. The van der Waals surface area contributed by atoms with Gasteiger partial charge in [0.2, 0.25) is 0 Å². The minimum absolute atomic E-state index is 0.00109. The van der Waals surface area contributed by atoms with Crippen molar-refractivity contribution in [1.82, 2.24) is 0 Å². The Morgan fingerprint density at radius 2 is 1.89 bits per heavy atom. The summed E-state index contributed by atoms with van der Waals surface area (Å²) in [6.07, 6.45) is 8.90. The van der Waals surface area contributed by atoms with Crippen LogP contribution in [0.3, 0.4) is 0 Å². The van der Waals surface area contributed by atoms with Gasteiger partial charge >= 0.3 is 5.97 Å². The number of fused-ring (bicyclic) bond motifs is 5. The van der Waals surface area contributed by atoms with Crippen LogP contribution in [0, 0.1) is 34.5 Å². The van der Waals surface area contributed by atoms with Gasteiger partial charge in [0, 0.05) is 29.6 Å². The number of ether oxygens (including phenoxy) is 1. The summed E-state index contributed by atoms with van der Waals surface area (Å²) in [6, 6.07) is 0. The Kier molecular flexibility index (Phi) is 6.74. The van der Waals surface area contributed by atoms with Crippen molar-refractivity contribution in [1.29, 1.82) is 0 Å². The summed E-state index contributed by atoms with van der Waals surface area (Å²) in [5, 5.41) is 32.6. The van der Waals surface area contributed by atoms with E-state index in [9.17, 15) is 29.7 Å². The lowest BCUT2D eigenvalue weighted by atomic mass is 9.44. The normalized spacial score (nSPS) is 43.8. The van der Waals surface area contributed by atoms with Gasteiger partial charge < -0.3 is 20.1 Å². The molecular formula is C29H42O7. The van der Waals surface area contributed by atoms with Crippen molar-refractivity contribution in [2.45, 2.75) is 109 Å². The van der Waals surface area contributed by atoms with E-state index >= 15 is 0 Å². The Bertz CT molecular complexity index is 953. The quantitative estimate of drug-likeness (QED) is 0.344. The zero-order valence-corrected chi connectivity index (χ0v) is 21.7. The molecule has 0 amide bonds. The predicted octanol–water partition coefficient (Wildman–Crippen LogP) is 3.27. The van der Waals surface area contributed by atoms with E-state index in [1.165, 1.54) is 19.3 Å². The minimum atomic E-state index is -1.65. The van der Waals surface area contributed by atoms with Gasteiger partial charge in [-0.2, -0.15) is 0 Å². The molecule has 0 spiro atoms. The largest absolute Gasteiger partial charge is 0.461 e. The van der Waals surface area contributed by atoms with Gasteiger partial charge in [0.25, 0.3) is 0 Å². The number of esters is 1. The smallest absolute Gasteiger partial charge is 0.306 e. The van der Waals surface area contributed by atoms with Crippen LogP contribution >= 0.6 is 0 Å². The highest BCUT2D eigenvalue weighted by Crippen LogP contribution is 2.67. The summed E-state index contributed by atoms with van der Waals surface area (Å²) < 4.78 is 6.04. The van der Waals surface area contributed by atoms with Gasteiger partial charge in [-0.1, -0.05) is 45.1 Å². The van der Waals surface area contributed by atoms with Gasteiger partial charge in [-0.25, -0.2) is 0 Å². The fourth-order valence-electron chi connectivity index (χ4n) is 8.79. The Hall–Kier alpha value is -1.57. The van der Waals surface area contributed by atoms with Crippen molar-refractivity contribution in [3.8, 4) is 0 Å². The van der Waals surface area contributed by atoms with Crippen LogP contribution in [0.2, 0.25) is 0 Å². The third kappa shape index (κ3) is 4.01. The van der Waals surface area contributed by atoms with Crippen molar-refractivity contribution in [2.24, 2.45) is 34.5 Å². The van der Waals surface area contributed by atoms with Crippen LogP contribution in [0.4, 0.5) is 0 Å². The van der Waals surface area contributed by atoms with E-state index < -0.39 is 41.0 Å². The second-order valence-corrected chi connectivity index (χ2v) is 12.8. The lowest BCUT2D eigenvalue weighted by Gasteiger charge is -2.61. The van der Waals surface area contributed by atoms with Crippen molar-refractivity contribution in [3.05, 3.63) is 11.6 Å². The lowest BCUT2D eigenvalue weighted by molar-refractivity contribution is -0.197. The third-order valence-corrected chi connectivity index (χ3v) is 10.9. The molecule has 0 aromatic heterocycles. The average molecular weight is 503 g/mol. The second-order valence-electron chi connectivity index (χ2n) is 12.8. The van der Waals surface area contributed by atoms with Crippen molar-refractivity contribution in [2.75, 3.05) is 6.61 Å². The molecule has 8 atom stereocenters. The fourth-order valence-corrected chi connectivity index (χ4v) is 8.79. The van der Waals surface area contributed by atoms with Crippen LogP contribution < -0.4 is 0 Å². The third-order valence-electron chi connectivity index (χ3n) is 10.9. The first kappa shape index (κ1) is 26.1. The summed E-state index contributed by atoms with van der Waals surface area (Å²) in [6.45, 7) is 3.21. The molecular weight excluding hydrogens is 460 g/mol. The van der Waals surface area contributed by atoms with Crippen LogP contribution in [0.1, 0.15) is 90.9 Å². The van der Waals surface area contributed by atoms with E-state index in [1.807, 2.05) is 13.8 Å². The maximum atomic E-state index is 12.9. The number of unbranched alkanes of at least 4 members (excludes halogenated alkanes) is 1. The number of ketones is 2. The van der Waals surface area contributed by atoms with Gasteiger partial charge in [-0.3, -0.25) is 14.4 Å². The number of hydrogen-bond acceptors (Lipinski definition) is 7. The summed E-state index contributed by atoms with van der Waals surface area (Å²) in [5.41, 5.74) is -2.19. The standard InChI is InChI=1S/C29H42O7/c1-27-15-22(32)26-20(21(27)11-12-29(27,35)23(33)16-30)10-9-18-13-19(31)14-24(28(18,26)2)36-25(34)6-4-3-5-17-7-8-17/h13,17,20-22,24,26,30,32,35H,3-12,14-16H2,1-2H3/t20-,21-,22-,24?,26+,27-,28+,29-/m0/s1. The SMILES string of the molecule is C[C@]12C[C@H](O)[C@H]3[C@@H](CCC4=CC(=O)CC(OC(=O)CCCCC5CC5)[C@@]43C)[C@@H]1CC[C@]2(O)C(=O)CO. The van der Waals surface area contributed by atoms with Crippen LogP contribution in [0.5, 0.6) is 0 Å². The molecule has 0 bridgehead atoms. The number of carbonyl (C=O) groups excluding carboxylic acids is 3. The molecule has 0 radical (unpaired) electrons. The maximum Gasteiger partial charge on any atom is 0.306 e. The Labute approximate surface area is 213 Å². The number of hydrogen-bond donors (Lipinski definition) is 3. The Morgan fingerprint density at radius 1 is 1.14 bits per heavy atom. The molecule has 0 aromatic rings.